The van der Waals surface area contributed by atoms with Gasteiger partial charge in [0.2, 0.25) is 21.1 Å². The van der Waals surface area contributed by atoms with Crippen molar-refractivity contribution in [2.45, 2.75) is 52.4 Å². The predicted octanol–water partition coefficient (Wildman–Crippen LogP) is 7.71. The van der Waals surface area contributed by atoms with E-state index in [0.717, 1.165) is 0 Å². The SMILES string of the molecule is CC(C)(C)c1cc(-c2cc[nH+]cc2)cc(C(C)(C)C)[s+]1.F[B-](F)(F)F.F[B-](F)(F)F. The quantitative estimate of drug-likeness (QED) is 0.235. The minimum Gasteiger partial charge on any atom is -0.418 e. The van der Waals surface area contributed by atoms with Crippen molar-refractivity contribution in [2.24, 2.45) is 0 Å². The van der Waals surface area contributed by atoms with Crippen LogP contribution in [0.5, 0.6) is 0 Å². The lowest BCUT2D eigenvalue weighted by Crippen LogP contribution is -2.14. The molecule has 2 aromatic rings. The summed E-state index contributed by atoms with van der Waals surface area (Å²) < 4.78 is 78.0. The van der Waals surface area contributed by atoms with Crippen molar-refractivity contribution >= 4 is 25.8 Å². The number of hydrogen-bond acceptors (Lipinski definition) is 0. The maximum atomic E-state index is 9.75. The first-order chi connectivity index (χ1) is 13.2. The van der Waals surface area contributed by atoms with Crippen molar-refractivity contribution in [2.75, 3.05) is 0 Å². The molecule has 0 amide bonds. The fourth-order valence-corrected chi connectivity index (χ4v) is 3.21. The average molecular weight is 461 g/mol. The third-order valence-electron chi connectivity index (χ3n) is 3.32. The third kappa shape index (κ3) is 14.3. The number of aromatic nitrogens is 1. The summed E-state index contributed by atoms with van der Waals surface area (Å²) in [6.07, 6.45) is 3.97. The van der Waals surface area contributed by atoms with Crippen molar-refractivity contribution < 1.29 is 39.5 Å². The second kappa shape index (κ2) is 10.5. The zero-order valence-electron chi connectivity index (χ0n) is 17.6. The summed E-state index contributed by atoms with van der Waals surface area (Å²) in [4.78, 5) is 5.97. The van der Waals surface area contributed by atoms with Gasteiger partial charge in [-0.25, -0.2) is 4.98 Å². The minimum atomic E-state index is -6.00. The van der Waals surface area contributed by atoms with E-state index in [-0.39, 0.29) is 10.8 Å². The summed E-state index contributed by atoms with van der Waals surface area (Å²) in [6.45, 7) is 13.7. The van der Waals surface area contributed by atoms with Crippen LogP contribution in [-0.2, 0) is 10.8 Å². The van der Waals surface area contributed by atoms with E-state index in [2.05, 4.69) is 70.8 Å². The van der Waals surface area contributed by atoms with Crippen molar-refractivity contribution in [3.8, 4) is 11.1 Å². The van der Waals surface area contributed by atoms with Crippen LogP contribution in [0.15, 0.2) is 36.7 Å². The van der Waals surface area contributed by atoms with E-state index >= 15 is 0 Å². The molecule has 0 atom stereocenters. The molecule has 0 fully saturated rings. The number of halogens is 8. The first kappa shape index (κ1) is 28.3. The Bertz CT molecular complexity index is 726. The van der Waals surface area contributed by atoms with Crippen molar-refractivity contribution in [1.82, 2.24) is 0 Å². The van der Waals surface area contributed by atoms with Crippen LogP contribution < -0.4 is 4.98 Å². The summed E-state index contributed by atoms with van der Waals surface area (Å²) in [7, 11) is -12.0. The molecule has 0 aliphatic rings. The number of hydrogen-bond donors (Lipinski definition) is 0. The molecular weight excluding hydrogens is 436 g/mol. The average Bonchev–Trinajstić information content (AvgIpc) is 2.50. The van der Waals surface area contributed by atoms with Gasteiger partial charge >= 0.3 is 14.5 Å². The van der Waals surface area contributed by atoms with Gasteiger partial charge in [0.1, 0.15) is 0 Å². The van der Waals surface area contributed by atoms with Crippen LogP contribution in [0.1, 0.15) is 51.3 Å². The van der Waals surface area contributed by atoms with Gasteiger partial charge in [0.25, 0.3) is 0 Å². The van der Waals surface area contributed by atoms with Crippen molar-refractivity contribution in [3.63, 3.8) is 0 Å². The van der Waals surface area contributed by atoms with Crippen molar-refractivity contribution in [3.05, 3.63) is 46.4 Å². The summed E-state index contributed by atoms with van der Waals surface area (Å²) >= 11 is 1.94. The van der Waals surface area contributed by atoms with E-state index in [1.807, 2.05) is 23.7 Å². The lowest BCUT2D eigenvalue weighted by molar-refractivity contribution is -0.377. The zero-order valence-corrected chi connectivity index (χ0v) is 18.4. The lowest BCUT2D eigenvalue weighted by Gasteiger charge is -2.16. The zero-order chi connectivity index (χ0) is 24.0. The monoisotopic (exact) mass is 461 g/mol. The Morgan fingerprint density at radius 2 is 0.933 bits per heavy atom. The van der Waals surface area contributed by atoms with E-state index < -0.39 is 14.5 Å². The molecule has 0 saturated heterocycles. The molecule has 2 heterocycles. The Hall–Kier alpha value is -1.71. The van der Waals surface area contributed by atoms with E-state index in [0.29, 0.717) is 0 Å². The molecule has 12 heteroatoms. The molecule has 0 aromatic carbocycles. The number of H-pyrrole nitrogens is 1. The number of pyridine rings is 1. The Kier molecular flexibility index (Phi) is 9.95. The smallest absolute Gasteiger partial charge is 0.418 e. The molecule has 0 radical (unpaired) electrons. The van der Waals surface area contributed by atoms with Gasteiger partial charge in [0.15, 0.2) is 12.4 Å². The molecule has 0 aliphatic carbocycles. The van der Waals surface area contributed by atoms with Crippen LogP contribution in [0.3, 0.4) is 0 Å². The normalized spacial score (nSPS) is 12.3. The summed E-state index contributed by atoms with van der Waals surface area (Å²) in [6, 6.07) is 8.96. The standard InChI is InChI=1S/C18H24NS.2BF4/c1-17(2,3)15-11-14(13-7-9-19-10-8-13)12-16(20-15)18(4,5)6;2*2-1(3,4)5/h7-12H,1-6H3;;/q+1;2*-1/p+1. The van der Waals surface area contributed by atoms with Crippen molar-refractivity contribution in [1.29, 1.82) is 0 Å². The van der Waals surface area contributed by atoms with Gasteiger partial charge in [0, 0.05) is 35.1 Å². The van der Waals surface area contributed by atoms with Gasteiger partial charge in [0.05, 0.1) is 0 Å². The van der Waals surface area contributed by atoms with Gasteiger partial charge in [-0.2, -0.15) is 0 Å². The molecular formula is C18H25B2F8NS. The molecule has 0 unspecified atom stereocenters. The van der Waals surface area contributed by atoms with Crippen LogP contribution in [0.4, 0.5) is 34.5 Å². The highest BCUT2D eigenvalue weighted by Gasteiger charge is 2.32. The summed E-state index contributed by atoms with van der Waals surface area (Å²) in [5.41, 5.74) is 2.95. The molecule has 0 bridgehead atoms. The number of rotatable bonds is 1. The highest BCUT2D eigenvalue weighted by molar-refractivity contribution is 7.12. The predicted molar refractivity (Wildman–Crippen MR) is 108 cm³/mol. The minimum absolute atomic E-state index is 0.182. The molecule has 1 N–H and O–H groups in total. The maximum absolute atomic E-state index is 9.75. The Morgan fingerprint density at radius 3 is 1.20 bits per heavy atom. The van der Waals surface area contributed by atoms with E-state index in [4.69, 9.17) is 0 Å². The largest absolute Gasteiger partial charge is 0.673 e. The summed E-state index contributed by atoms with van der Waals surface area (Å²) in [5.74, 6) is 0. The summed E-state index contributed by atoms with van der Waals surface area (Å²) in [5, 5.41) is 0. The molecule has 0 saturated carbocycles. The van der Waals surface area contributed by atoms with Gasteiger partial charge in [-0.15, -0.1) is 0 Å². The second-order valence-electron chi connectivity index (χ2n) is 8.35. The first-order valence-corrected chi connectivity index (χ1v) is 9.70. The van der Waals surface area contributed by atoms with Crippen LogP contribution in [0.2, 0.25) is 0 Å². The van der Waals surface area contributed by atoms with Crippen LogP contribution >= 0.6 is 11.3 Å². The van der Waals surface area contributed by atoms with E-state index in [1.54, 1.807) is 0 Å². The Morgan fingerprint density at radius 1 is 0.633 bits per heavy atom. The topological polar surface area (TPSA) is 14.1 Å². The molecule has 0 aliphatic heterocycles. The lowest BCUT2D eigenvalue weighted by atomic mass is 9.90. The molecule has 2 rings (SSSR count). The second-order valence-corrected chi connectivity index (χ2v) is 9.44. The third-order valence-corrected chi connectivity index (χ3v) is 5.22. The van der Waals surface area contributed by atoms with Crippen LogP contribution in [0, 0.1) is 0 Å². The molecule has 1 nitrogen and oxygen atoms in total. The number of nitrogens with one attached hydrogen (secondary N) is 1. The van der Waals surface area contributed by atoms with Gasteiger partial charge < -0.3 is 34.5 Å². The van der Waals surface area contributed by atoms with Gasteiger partial charge in [-0.05, 0) is 11.1 Å². The van der Waals surface area contributed by atoms with Gasteiger partial charge in [-0.3, -0.25) is 0 Å². The Balaban J connectivity index is 0.000000702. The molecule has 170 valence electrons. The Labute approximate surface area is 175 Å². The maximum Gasteiger partial charge on any atom is 0.673 e. The van der Waals surface area contributed by atoms with Gasteiger partial charge in [-0.1, -0.05) is 41.5 Å². The highest BCUT2D eigenvalue weighted by Crippen LogP contribution is 2.37. The van der Waals surface area contributed by atoms with E-state index in [1.165, 1.54) is 20.9 Å². The van der Waals surface area contributed by atoms with Crippen LogP contribution in [-0.4, -0.2) is 14.5 Å². The van der Waals surface area contributed by atoms with E-state index in [9.17, 15) is 34.5 Å². The fraction of sp³-hybridized carbons (Fsp3) is 0.444. The first-order valence-electron chi connectivity index (χ1n) is 8.88. The van der Waals surface area contributed by atoms with Crippen LogP contribution in [0.25, 0.3) is 11.1 Å². The fourth-order valence-electron chi connectivity index (χ4n) is 1.99. The molecule has 30 heavy (non-hydrogen) atoms. The number of aromatic amines is 1. The molecule has 2 aromatic heterocycles. The highest BCUT2D eigenvalue weighted by atomic mass is 32.1. The molecule has 0 spiro atoms.